The highest BCUT2D eigenvalue weighted by atomic mass is 16.2. The lowest BCUT2D eigenvalue weighted by Crippen LogP contribution is -2.52. The number of nitrogens with zero attached hydrogens (tertiary/aromatic N) is 5. The first-order chi connectivity index (χ1) is 14.2. The molecule has 1 saturated carbocycles. The topological polar surface area (TPSA) is 65.8 Å². The minimum Gasteiger partial charge on any atom is -0.353 e. The summed E-state index contributed by atoms with van der Waals surface area (Å²) in [5.41, 5.74) is 1.68. The van der Waals surface area contributed by atoms with Crippen LogP contribution < -0.4 is 10.2 Å². The maximum absolute atomic E-state index is 13.1. The van der Waals surface area contributed by atoms with E-state index in [1.165, 1.54) is 18.5 Å². The number of rotatable bonds is 4. The number of amides is 2. The molecule has 2 aromatic rings. The van der Waals surface area contributed by atoms with Gasteiger partial charge in [0, 0.05) is 44.8 Å². The van der Waals surface area contributed by atoms with Gasteiger partial charge in [0.25, 0.3) is 0 Å². The van der Waals surface area contributed by atoms with E-state index in [9.17, 15) is 4.79 Å². The number of carbonyl (C=O) groups is 1. The fraction of sp³-hybridized carbons (Fsp3) is 0.500. The number of hydrogen-bond donors (Lipinski definition) is 1. The molecule has 3 aliphatic rings. The number of pyridine rings is 1. The Morgan fingerprint density at radius 1 is 1.28 bits per heavy atom. The van der Waals surface area contributed by atoms with E-state index in [1.54, 1.807) is 12.4 Å². The second-order valence-corrected chi connectivity index (χ2v) is 8.50. The van der Waals surface area contributed by atoms with Crippen molar-refractivity contribution in [2.45, 2.75) is 50.2 Å². The van der Waals surface area contributed by atoms with Crippen LogP contribution in [0.2, 0.25) is 0 Å². The average Bonchev–Trinajstić information content (AvgIpc) is 3.49. The number of aromatic nitrogens is 2. The van der Waals surface area contributed by atoms with Crippen molar-refractivity contribution in [2.24, 2.45) is 12.0 Å². The van der Waals surface area contributed by atoms with E-state index in [0.717, 1.165) is 50.4 Å². The molecule has 29 heavy (non-hydrogen) atoms. The number of nitrogens with one attached hydrogen (secondary N) is 1. The van der Waals surface area contributed by atoms with Crippen LogP contribution in [0.5, 0.6) is 0 Å². The number of aryl methyl sites for hydroxylation is 1. The molecule has 0 bridgehead atoms. The van der Waals surface area contributed by atoms with Gasteiger partial charge in [-0.25, -0.2) is 4.79 Å². The molecule has 2 aliphatic heterocycles. The Morgan fingerprint density at radius 2 is 2.14 bits per heavy atom. The SMILES string of the molecule is Cn1cccc1CN1CCC2(C1)C(=NC1CCCC1)NC(=O)N2c1cccnc1. The summed E-state index contributed by atoms with van der Waals surface area (Å²) in [6.45, 7) is 2.58. The summed E-state index contributed by atoms with van der Waals surface area (Å²) in [4.78, 5) is 26.8. The number of aliphatic imine (C=N–C) groups is 1. The Balaban J connectivity index is 1.49. The third-order valence-electron chi connectivity index (χ3n) is 6.60. The third kappa shape index (κ3) is 3.23. The van der Waals surface area contributed by atoms with E-state index in [1.807, 2.05) is 17.0 Å². The van der Waals surface area contributed by atoms with Gasteiger partial charge in [-0.15, -0.1) is 0 Å². The van der Waals surface area contributed by atoms with E-state index in [0.29, 0.717) is 6.04 Å². The Hall–Kier alpha value is -2.67. The zero-order valence-electron chi connectivity index (χ0n) is 16.9. The van der Waals surface area contributed by atoms with Gasteiger partial charge in [-0.1, -0.05) is 12.8 Å². The summed E-state index contributed by atoms with van der Waals surface area (Å²) in [7, 11) is 2.08. The Morgan fingerprint density at radius 3 is 2.86 bits per heavy atom. The molecular formula is C22H28N6O. The smallest absolute Gasteiger partial charge is 0.328 e. The molecule has 152 valence electrons. The molecule has 2 aromatic heterocycles. The molecule has 0 aromatic carbocycles. The van der Waals surface area contributed by atoms with Crippen LogP contribution >= 0.6 is 0 Å². The largest absolute Gasteiger partial charge is 0.353 e. The molecule has 0 radical (unpaired) electrons. The van der Waals surface area contributed by atoms with Crippen molar-refractivity contribution in [3.8, 4) is 0 Å². The molecule has 1 aliphatic carbocycles. The van der Waals surface area contributed by atoms with Gasteiger partial charge in [0.1, 0.15) is 11.4 Å². The number of amidine groups is 1. The van der Waals surface area contributed by atoms with Crippen molar-refractivity contribution >= 4 is 17.6 Å². The molecule has 2 amide bonds. The van der Waals surface area contributed by atoms with Crippen molar-refractivity contribution in [1.82, 2.24) is 19.8 Å². The first kappa shape index (κ1) is 18.4. The fourth-order valence-electron chi connectivity index (χ4n) is 5.06. The van der Waals surface area contributed by atoms with Gasteiger partial charge >= 0.3 is 6.03 Å². The van der Waals surface area contributed by atoms with Crippen molar-refractivity contribution in [2.75, 3.05) is 18.0 Å². The van der Waals surface area contributed by atoms with E-state index in [2.05, 4.69) is 45.1 Å². The molecule has 1 spiro atoms. The molecule has 4 heterocycles. The van der Waals surface area contributed by atoms with E-state index in [-0.39, 0.29) is 6.03 Å². The predicted octanol–water partition coefficient (Wildman–Crippen LogP) is 2.94. The van der Waals surface area contributed by atoms with Crippen LogP contribution in [0.1, 0.15) is 37.8 Å². The molecule has 3 fully saturated rings. The Labute approximate surface area is 171 Å². The second kappa shape index (κ2) is 7.30. The molecule has 2 saturated heterocycles. The van der Waals surface area contributed by atoms with Gasteiger partial charge < -0.3 is 4.57 Å². The molecule has 5 rings (SSSR count). The molecule has 1 unspecified atom stereocenters. The number of likely N-dealkylation sites (tertiary alicyclic amines) is 1. The van der Waals surface area contributed by atoms with Crippen LogP contribution in [0.15, 0.2) is 47.8 Å². The Bertz CT molecular complexity index is 916. The van der Waals surface area contributed by atoms with Crippen molar-refractivity contribution in [1.29, 1.82) is 0 Å². The minimum atomic E-state index is -0.437. The van der Waals surface area contributed by atoms with Crippen LogP contribution in [0.25, 0.3) is 0 Å². The first-order valence-corrected chi connectivity index (χ1v) is 10.6. The summed E-state index contributed by atoms with van der Waals surface area (Å²) in [6, 6.07) is 8.34. The zero-order chi connectivity index (χ0) is 19.8. The number of anilines is 1. The zero-order valence-corrected chi connectivity index (χ0v) is 16.9. The highest BCUT2D eigenvalue weighted by Crippen LogP contribution is 2.38. The van der Waals surface area contributed by atoms with Gasteiger partial charge in [0.15, 0.2) is 0 Å². The molecule has 1 N–H and O–H groups in total. The summed E-state index contributed by atoms with van der Waals surface area (Å²) in [5.74, 6) is 0.854. The van der Waals surface area contributed by atoms with E-state index >= 15 is 0 Å². The first-order valence-electron chi connectivity index (χ1n) is 10.6. The maximum Gasteiger partial charge on any atom is 0.328 e. The predicted molar refractivity (Wildman–Crippen MR) is 113 cm³/mol. The van der Waals surface area contributed by atoms with E-state index < -0.39 is 5.54 Å². The monoisotopic (exact) mass is 392 g/mol. The summed E-state index contributed by atoms with van der Waals surface area (Å²) < 4.78 is 2.16. The highest BCUT2D eigenvalue weighted by Gasteiger charge is 2.55. The van der Waals surface area contributed by atoms with Crippen molar-refractivity contribution in [3.63, 3.8) is 0 Å². The van der Waals surface area contributed by atoms with Gasteiger partial charge in [0.2, 0.25) is 0 Å². The molecule has 7 heteroatoms. The quantitative estimate of drug-likeness (QED) is 0.870. The van der Waals surface area contributed by atoms with Gasteiger partial charge in [-0.05, 0) is 43.5 Å². The van der Waals surface area contributed by atoms with Gasteiger partial charge in [0.05, 0.1) is 17.9 Å². The van der Waals surface area contributed by atoms with Crippen LogP contribution in [0.4, 0.5) is 10.5 Å². The van der Waals surface area contributed by atoms with Crippen LogP contribution in [-0.4, -0.2) is 51.0 Å². The number of urea groups is 1. The lowest BCUT2D eigenvalue weighted by Gasteiger charge is -2.33. The Kier molecular flexibility index (Phi) is 4.62. The summed E-state index contributed by atoms with van der Waals surface area (Å²) in [5, 5.41) is 3.13. The summed E-state index contributed by atoms with van der Waals surface area (Å²) in [6.07, 6.45) is 11.2. The van der Waals surface area contributed by atoms with Crippen molar-refractivity contribution < 1.29 is 4.79 Å². The highest BCUT2D eigenvalue weighted by molar-refractivity contribution is 6.19. The summed E-state index contributed by atoms with van der Waals surface area (Å²) >= 11 is 0. The second-order valence-electron chi connectivity index (χ2n) is 8.50. The fourth-order valence-corrected chi connectivity index (χ4v) is 5.06. The van der Waals surface area contributed by atoms with Crippen molar-refractivity contribution in [3.05, 3.63) is 48.5 Å². The molecular weight excluding hydrogens is 364 g/mol. The maximum atomic E-state index is 13.1. The molecule has 7 nitrogen and oxygen atoms in total. The van der Waals surface area contributed by atoms with E-state index in [4.69, 9.17) is 4.99 Å². The lowest BCUT2D eigenvalue weighted by molar-refractivity contribution is 0.250. The third-order valence-corrected chi connectivity index (χ3v) is 6.60. The van der Waals surface area contributed by atoms with Crippen LogP contribution in [-0.2, 0) is 13.6 Å². The number of hydrogen-bond acceptors (Lipinski definition) is 4. The normalized spacial score (nSPS) is 26.9. The number of carbonyl (C=O) groups excluding carboxylic acids is 1. The van der Waals surface area contributed by atoms with Crippen LogP contribution in [0, 0.1) is 0 Å². The van der Waals surface area contributed by atoms with Crippen LogP contribution in [0.3, 0.4) is 0 Å². The van der Waals surface area contributed by atoms with Gasteiger partial charge in [-0.2, -0.15) is 0 Å². The average molecular weight is 393 g/mol. The van der Waals surface area contributed by atoms with Gasteiger partial charge in [-0.3, -0.25) is 25.1 Å². The lowest BCUT2D eigenvalue weighted by atomic mass is 9.95. The molecule has 1 atom stereocenters. The minimum absolute atomic E-state index is 0.0875. The standard InChI is InChI=1S/C22H28N6O/c1-26-12-5-9-19(26)15-27-13-10-22(16-27)20(24-17-6-2-3-7-17)25-21(29)28(22)18-8-4-11-23-14-18/h4-5,8-9,11-12,14,17H,2-3,6-7,10,13,15-16H2,1H3,(H,24,25,29).